The van der Waals surface area contributed by atoms with E-state index in [0.29, 0.717) is 12.8 Å². The first-order valence-electron chi connectivity index (χ1n) is 26.7. The number of rotatable bonds is 49. The predicted molar refractivity (Wildman–Crippen MR) is 265 cm³/mol. The molecular formula is C56H102O5. The second-order valence-electron chi connectivity index (χ2n) is 17.9. The average Bonchev–Trinajstić information content (AvgIpc) is 3.26. The van der Waals surface area contributed by atoms with Crippen molar-refractivity contribution in [3.05, 3.63) is 48.6 Å². The molecule has 0 spiro atoms. The Labute approximate surface area is 379 Å². The summed E-state index contributed by atoms with van der Waals surface area (Å²) in [5.74, 6) is -0.597. The molecule has 0 aromatic carbocycles. The SMILES string of the molecule is CCCCCC/C=C\C/C=C\CCCCCCCC(=O)OCC(CO)OC(=O)CCCCCCCCCCCCCCCCCCCCC/C=C\C/C=C\CCCCCCC. The van der Waals surface area contributed by atoms with Gasteiger partial charge in [-0.05, 0) is 77.0 Å². The summed E-state index contributed by atoms with van der Waals surface area (Å²) in [6, 6.07) is 0. The van der Waals surface area contributed by atoms with Crippen molar-refractivity contribution >= 4 is 11.9 Å². The second kappa shape index (κ2) is 52.2. The molecule has 5 heteroatoms. The first kappa shape index (κ1) is 58.9. The van der Waals surface area contributed by atoms with Gasteiger partial charge in [0.15, 0.2) is 6.10 Å². The lowest BCUT2D eigenvalue weighted by molar-refractivity contribution is -0.161. The summed E-state index contributed by atoms with van der Waals surface area (Å²) in [4.78, 5) is 24.4. The van der Waals surface area contributed by atoms with Gasteiger partial charge >= 0.3 is 11.9 Å². The van der Waals surface area contributed by atoms with Gasteiger partial charge in [-0.1, -0.05) is 236 Å². The molecule has 0 rings (SSSR count). The van der Waals surface area contributed by atoms with Crippen LogP contribution in [0.25, 0.3) is 0 Å². The van der Waals surface area contributed by atoms with E-state index in [4.69, 9.17) is 9.47 Å². The summed E-state index contributed by atoms with van der Waals surface area (Å²) in [7, 11) is 0. The summed E-state index contributed by atoms with van der Waals surface area (Å²) in [6.07, 6.45) is 67.9. The third-order valence-electron chi connectivity index (χ3n) is 11.8. The molecule has 0 bridgehead atoms. The van der Waals surface area contributed by atoms with Gasteiger partial charge in [0.25, 0.3) is 0 Å². The Kier molecular flexibility index (Phi) is 50.4. The smallest absolute Gasteiger partial charge is 0.306 e. The number of hydrogen-bond donors (Lipinski definition) is 1. The fourth-order valence-electron chi connectivity index (χ4n) is 7.79. The molecule has 0 aliphatic rings. The van der Waals surface area contributed by atoms with Crippen LogP contribution in [0.5, 0.6) is 0 Å². The topological polar surface area (TPSA) is 72.8 Å². The number of hydrogen-bond acceptors (Lipinski definition) is 5. The molecule has 1 unspecified atom stereocenters. The van der Waals surface area contributed by atoms with E-state index >= 15 is 0 Å². The first-order valence-corrected chi connectivity index (χ1v) is 26.7. The van der Waals surface area contributed by atoms with Crippen LogP contribution < -0.4 is 0 Å². The molecule has 1 atom stereocenters. The number of allylic oxidation sites excluding steroid dienone is 8. The minimum Gasteiger partial charge on any atom is -0.462 e. The monoisotopic (exact) mass is 855 g/mol. The fraction of sp³-hybridized carbons (Fsp3) is 0.821. The number of unbranched alkanes of at least 4 members (excludes halogenated alkanes) is 33. The summed E-state index contributed by atoms with van der Waals surface area (Å²) < 4.78 is 10.7. The standard InChI is InChI=1S/C56H102O5/c1-3-5-7-9-11-13-15-17-19-21-22-23-24-25-26-27-28-29-30-31-32-33-34-35-37-39-41-43-45-47-49-51-56(59)61-54(52-57)53-60-55(58)50-48-46-44-42-40-38-36-20-18-16-14-12-10-8-6-4-2/h14-17,20-22,36,54,57H,3-13,18-19,23-35,37-53H2,1-2H3/b16-14-,17-15-,22-21-,36-20-. The molecule has 0 aliphatic heterocycles. The van der Waals surface area contributed by atoms with Crippen LogP contribution in [0.1, 0.15) is 277 Å². The van der Waals surface area contributed by atoms with E-state index in [2.05, 4.69) is 62.5 Å². The van der Waals surface area contributed by atoms with Crippen molar-refractivity contribution in [1.82, 2.24) is 0 Å². The maximum atomic E-state index is 12.3. The summed E-state index contributed by atoms with van der Waals surface area (Å²) >= 11 is 0. The maximum absolute atomic E-state index is 12.3. The number of aliphatic hydroxyl groups excluding tert-OH is 1. The molecule has 5 nitrogen and oxygen atoms in total. The zero-order chi connectivity index (χ0) is 44.2. The lowest BCUT2D eigenvalue weighted by Gasteiger charge is -2.15. The van der Waals surface area contributed by atoms with Crippen LogP contribution in [0.3, 0.4) is 0 Å². The van der Waals surface area contributed by atoms with Crippen LogP contribution in [0.4, 0.5) is 0 Å². The number of carbonyl (C=O) groups is 2. The van der Waals surface area contributed by atoms with Crippen molar-refractivity contribution in [1.29, 1.82) is 0 Å². The molecule has 0 fully saturated rings. The molecular weight excluding hydrogens is 753 g/mol. The highest BCUT2D eigenvalue weighted by Gasteiger charge is 2.16. The molecule has 356 valence electrons. The zero-order valence-electron chi connectivity index (χ0n) is 40.7. The Hall–Kier alpha value is -2.14. The zero-order valence-corrected chi connectivity index (χ0v) is 40.7. The Morgan fingerprint density at radius 3 is 0.984 bits per heavy atom. The van der Waals surface area contributed by atoms with Gasteiger partial charge in [-0.25, -0.2) is 0 Å². The van der Waals surface area contributed by atoms with Crippen LogP contribution in [0.15, 0.2) is 48.6 Å². The van der Waals surface area contributed by atoms with Gasteiger partial charge in [0.05, 0.1) is 6.61 Å². The number of ether oxygens (including phenoxy) is 2. The van der Waals surface area contributed by atoms with E-state index in [1.807, 2.05) is 0 Å². The molecule has 61 heavy (non-hydrogen) atoms. The van der Waals surface area contributed by atoms with Gasteiger partial charge in [-0.15, -0.1) is 0 Å². The molecule has 0 heterocycles. The lowest BCUT2D eigenvalue weighted by atomic mass is 10.0. The Morgan fingerprint density at radius 2 is 0.656 bits per heavy atom. The quantitative estimate of drug-likeness (QED) is 0.0375. The fourth-order valence-corrected chi connectivity index (χ4v) is 7.79. The van der Waals surface area contributed by atoms with Gasteiger partial charge in [0, 0.05) is 12.8 Å². The molecule has 0 saturated carbocycles. The molecule has 0 aromatic heterocycles. The molecule has 1 N–H and O–H groups in total. The van der Waals surface area contributed by atoms with Crippen molar-refractivity contribution in [2.75, 3.05) is 13.2 Å². The highest BCUT2D eigenvalue weighted by Crippen LogP contribution is 2.16. The Balaban J connectivity index is 3.45. The number of esters is 2. The molecule has 0 saturated heterocycles. The van der Waals surface area contributed by atoms with E-state index in [0.717, 1.165) is 57.8 Å². The van der Waals surface area contributed by atoms with Gasteiger partial charge in [0.2, 0.25) is 0 Å². The Bertz CT molecular complexity index is 1010. The van der Waals surface area contributed by atoms with Crippen LogP contribution in [0, 0.1) is 0 Å². The molecule has 0 radical (unpaired) electrons. The molecule has 0 amide bonds. The minimum atomic E-state index is -0.777. The van der Waals surface area contributed by atoms with E-state index in [-0.39, 0.29) is 25.2 Å². The van der Waals surface area contributed by atoms with E-state index in [9.17, 15) is 14.7 Å². The summed E-state index contributed by atoms with van der Waals surface area (Å²) in [6.45, 7) is 4.12. The van der Waals surface area contributed by atoms with Crippen molar-refractivity contribution < 1.29 is 24.2 Å². The lowest BCUT2D eigenvalue weighted by Crippen LogP contribution is -2.28. The highest BCUT2D eigenvalue weighted by atomic mass is 16.6. The normalized spacial score (nSPS) is 12.5. The third-order valence-corrected chi connectivity index (χ3v) is 11.8. The van der Waals surface area contributed by atoms with Gasteiger partial charge in [-0.3, -0.25) is 9.59 Å². The number of aliphatic hydroxyl groups is 1. The van der Waals surface area contributed by atoms with Crippen LogP contribution in [-0.4, -0.2) is 36.4 Å². The predicted octanol–water partition coefficient (Wildman–Crippen LogP) is 17.7. The van der Waals surface area contributed by atoms with Crippen molar-refractivity contribution in [2.24, 2.45) is 0 Å². The van der Waals surface area contributed by atoms with Gasteiger partial charge in [-0.2, -0.15) is 0 Å². The molecule has 0 aliphatic carbocycles. The van der Waals surface area contributed by atoms with Crippen molar-refractivity contribution in [3.8, 4) is 0 Å². The Morgan fingerprint density at radius 1 is 0.377 bits per heavy atom. The second-order valence-corrected chi connectivity index (χ2v) is 17.9. The van der Waals surface area contributed by atoms with E-state index in [1.54, 1.807) is 0 Å². The van der Waals surface area contributed by atoms with E-state index < -0.39 is 6.10 Å². The largest absolute Gasteiger partial charge is 0.462 e. The van der Waals surface area contributed by atoms with Crippen LogP contribution in [-0.2, 0) is 19.1 Å². The van der Waals surface area contributed by atoms with E-state index in [1.165, 1.54) is 193 Å². The average molecular weight is 855 g/mol. The van der Waals surface area contributed by atoms with Crippen LogP contribution >= 0.6 is 0 Å². The number of carbonyl (C=O) groups excluding carboxylic acids is 2. The van der Waals surface area contributed by atoms with Crippen LogP contribution in [0.2, 0.25) is 0 Å². The van der Waals surface area contributed by atoms with Gasteiger partial charge < -0.3 is 14.6 Å². The summed E-state index contributed by atoms with van der Waals surface area (Å²) in [5, 5.41) is 9.62. The minimum absolute atomic E-state index is 0.0709. The third kappa shape index (κ3) is 50.4. The van der Waals surface area contributed by atoms with Crippen molar-refractivity contribution in [2.45, 2.75) is 283 Å². The highest BCUT2D eigenvalue weighted by molar-refractivity contribution is 5.70. The maximum Gasteiger partial charge on any atom is 0.306 e. The summed E-state index contributed by atoms with van der Waals surface area (Å²) in [5.41, 5.74) is 0. The first-order chi connectivity index (χ1) is 30.1. The molecule has 0 aromatic rings. The van der Waals surface area contributed by atoms with Crippen molar-refractivity contribution in [3.63, 3.8) is 0 Å². The van der Waals surface area contributed by atoms with Gasteiger partial charge in [0.1, 0.15) is 6.61 Å².